The van der Waals surface area contributed by atoms with Crippen molar-refractivity contribution in [2.24, 2.45) is 0 Å². The number of carbonyl (C=O) groups is 2. The van der Waals surface area contributed by atoms with E-state index in [9.17, 15) is 19.7 Å². The number of hydrogen-bond acceptors (Lipinski definition) is 6. The lowest BCUT2D eigenvalue weighted by Gasteiger charge is -2.28. The van der Waals surface area contributed by atoms with Gasteiger partial charge in [0, 0.05) is 11.1 Å². The van der Waals surface area contributed by atoms with Gasteiger partial charge in [0.15, 0.2) is 5.11 Å². The second-order valence-corrected chi connectivity index (χ2v) is 7.92. The van der Waals surface area contributed by atoms with Crippen molar-refractivity contribution in [2.45, 2.75) is 13.3 Å². The number of nitrogens with zero attached hydrogens (tertiary/aromatic N) is 2. The molecule has 33 heavy (non-hydrogen) atoms. The van der Waals surface area contributed by atoms with Crippen LogP contribution < -0.4 is 10.2 Å². The summed E-state index contributed by atoms with van der Waals surface area (Å²) in [6.07, 6.45) is 2.12. The van der Waals surface area contributed by atoms with E-state index in [-0.39, 0.29) is 38.5 Å². The Morgan fingerprint density at radius 2 is 1.88 bits per heavy atom. The molecule has 1 aliphatic rings. The highest BCUT2D eigenvalue weighted by Crippen LogP contribution is 2.34. The standard InChI is InChI=1S/C23H16ClN3O5S/c1-2-13-3-6-15(7-4-13)26-22(29)18(21(28)25-23(26)33)12-16-8-10-20(32-16)17-9-5-14(24)11-19(17)27(30)31/h3-12H,2H2,1H3,(H,25,28,33)/b18-12+. The van der Waals surface area contributed by atoms with Crippen LogP contribution in [0.5, 0.6) is 0 Å². The summed E-state index contributed by atoms with van der Waals surface area (Å²) < 4.78 is 5.69. The van der Waals surface area contributed by atoms with Gasteiger partial charge in [-0.1, -0.05) is 30.7 Å². The molecule has 3 aromatic rings. The lowest BCUT2D eigenvalue weighted by Crippen LogP contribution is -2.54. The number of furan rings is 1. The largest absolute Gasteiger partial charge is 0.456 e. The first kappa shape index (κ1) is 22.4. The molecular weight excluding hydrogens is 466 g/mol. The average molecular weight is 482 g/mol. The Kier molecular flexibility index (Phi) is 6.08. The van der Waals surface area contributed by atoms with E-state index < -0.39 is 16.7 Å². The third-order valence-corrected chi connectivity index (χ3v) is 5.56. The van der Waals surface area contributed by atoms with E-state index in [1.807, 2.05) is 19.1 Å². The molecule has 1 aromatic heterocycles. The summed E-state index contributed by atoms with van der Waals surface area (Å²) in [4.78, 5) is 37.7. The molecule has 0 atom stereocenters. The molecule has 1 aliphatic heterocycles. The second-order valence-electron chi connectivity index (χ2n) is 7.10. The van der Waals surface area contributed by atoms with Crippen LogP contribution in [0.15, 0.2) is 64.6 Å². The number of hydrogen-bond donors (Lipinski definition) is 1. The van der Waals surface area contributed by atoms with Gasteiger partial charge in [-0.25, -0.2) is 0 Å². The minimum Gasteiger partial charge on any atom is -0.456 e. The van der Waals surface area contributed by atoms with Crippen LogP contribution in [0.25, 0.3) is 17.4 Å². The molecule has 2 heterocycles. The van der Waals surface area contributed by atoms with E-state index in [0.29, 0.717) is 5.69 Å². The number of nitrogens with one attached hydrogen (secondary N) is 1. The molecule has 0 radical (unpaired) electrons. The molecule has 10 heteroatoms. The molecule has 1 saturated heterocycles. The van der Waals surface area contributed by atoms with E-state index in [1.165, 1.54) is 41.3 Å². The lowest BCUT2D eigenvalue weighted by atomic mass is 10.1. The first-order valence-electron chi connectivity index (χ1n) is 9.83. The fraction of sp³-hybridized carbons (Fsp3) is 0.0870. The topological polar surface area (TPSA) is 106 Å². The van der Waals surface area contributed by atoms with Crippen LogP contribution in [0.2, 0.25) is 5.02 Å². The molecule has 0 aliphatic carbocycles. The van der Waals surface area contributed by atoms with Gasteiger partial charge < -0.3 is 4.42 Å². The molecular formula is C23H16ClN3O5S. The Morgan fingerprint density at radius 3 is 2.55 bits per heavy atom. The van der Waals surface area contributed by atoms with Gasteiger partial charge >= 0.3 is 0 Å². The van der Waals surface area contributed by atoms with Gasteiger partial charge in [-0.15, -0.1) is 0 Å². The molecule has 0 spiro atoms. The van der Waals surface area contributed by atoms with Crippen LogP contribution in [0.3, 0.4) is 0 Å². The maximum absolute atomic E-state index is 13.1. The van der Waals surface area contributed by atoms with Crippen molar-refractivity contribution in [3.05, 3.63) is 86.6 Å². The van der Waals surface area contributed by atoms with Gasteiger partial charge in [0.2, 0.25) is 0 Å². The highest BCUT2D eigenvalue weighted by atomic mass is 35.5. The van der Waals surface area contributed by atoms with Gasteiger partial charge in [-0.2, -0.15) is 0 Å². The van der Waals surface area contributed by atoms with Crippen molar-refractivity contribution >= 4 is 58.2 Å². The number of nitro benzene ring substituents is 1. The Morgan fingerprint density at radius 1 is 1.15 bits per heavy atom. The van der Waals surface area contributed by atoms with Crippen LogP contribution in [0.4, 0.5) is 11.4 Å². The summed E-state index contributed by atoms with van der Waals surface area (Å²) in [5, 5.41) is 14.1. The van der Waals surface area contributed by atoms with E-state index in [4.69, 9.17) is 28.2 Å². The Balaban J connectivity index is 1.68. The van der Waals surface area contributed by atoms with Gasteiger partial charge in [0.05, 0.1) is 16.2 Å². The highest BCUT2D eigenvalue weighted by Gasteiger charge is 2.34. The number of thiocarbonyl (C=S) groups is 1. The second kappa shape index (κ2) is 8.97. The fourth-order valence-electron chi connectivity index (χ4n) is 3.35. The zero-order chi connectivity index (χ0) is 23.7. The van der Waals surface area contributed by atoms with E-state index in [1.54, 1.807) is 12.1 Å². The van der Waals surface area contributed by atoms with Crippen molar-refractivity contribution in [1.82, 2.24) is 5.32 Å². The molecule has 166 valence electrons. The molecule has 0 unspecified atom stereocenters. The number of rotatable bonds is 5. The number of carbonyl (C=O) groups excluding carboxylic acids is 2. The summed E-state index contributed by atoms with van der Waals surface area (Å²) in [6.45, 7) is 2.02. The van der Waals surface area contributed by atoms with Gasteiger partial charge in [0.1, 0.15) is 17.1 Å². The first-order chi connectivity index (χ1) is 15.8. The summed E-state index contributed by atoms with van der Waals surface area (Å²) >= 11 is 11.1. The van der Waals surface area contributed by atoms with Crippen LogP contribution in [-0.2, 0) is 16.0 Å². The van der Waals surface area contributed by atoms with Crippen molar-refractivity contribution in [2.75, 3.05) is 4.90 Å². The van der Waals surface area contributed by atoms with Crippen molar-refractivity contribution in [1.29, 1.82) is 0 Å². The molecule has 1 fully saturated rings. The van der Waals surface area contributed by atoms with Crippen LogP contribution >= 0.6 is 23.8 Å². The zero-order valence-corrected chi connectivity index (χ0v) is 18.8. The van der Waals surface area contributed by atoms with Gasteiger partial charge in [-0.3, -0.25) is 29.9 Å². The maximum Gasteiger partial charge on any atom is 0.281 e. The quantitative estimate of drug-likeness (QED) is 0.183. The van der Waals surface area contributed by atoms with E-state index >= 15 is 0 Å². The van der Waals surface area contributed by atoms with Crippen LogP contribution in [0, 0.1) is 10.1 Å². The predicted molar refractivity (Wildman–Crippen MR) is 128 cm³/mol. The number of amides is 2. The first-order valence-corrected chi connectivity index (χ1v) is 10.6. The maximum atomic E-state index is 13.1. The molecule has 2 aromatic carbocycles. The lowest BCUT2D eigenvalue weighted by molar-refractivity contribution is -0.384. The third kappa shape index (κ3) is 4.41. The number of benzene rings is 2. The SMILES string of the molecule is CCc1ccc(N2C(=O)/C(=C/c3ccc(-c4ccc(Cl)cc4[N+](=O)[O-])o3)C(=O)NC2=S)cc1. The third-order valence-electron chi connectivity index (χ3n) is 5.04. The summed E-state index contributed by atoms with van der Waals surface area (Å²) in [5.41, 5.74) is 1.41. The summed E-state index contributed by atoms with van der Waals surface area (Å²) in [7, 11) is 0. The molecule has 8 nitrogen and oxygen atoms in total. The number of nitro groups is 1. The Bertz CT molecular complexity index is 1330. The fourth-order valence-corrected chi connectivity index (χ4v) is 3.80. The zero-order valence-electron chi connectivity index (χ0n) is 17.2. The van der Waals surface area contributed by atoms with Crippen molar-refractivity contribution in [3.63, 3.8) is 0 Å². The van der Waals surface area contributed by atoms with E-state index in [2.05, 4.69) is 5.32 Å². The van der Waals surface area contributed by atoms with E-state index in [0.717, 1.165) is 12.0 Å². The van der Waals surface area contributed by atoms with Gasteiger partial charge in [-0.05, 0) is 66.7 Å². The highest BCUT2D eigenvalue weighted by molar-refractivity contribution is 7.80. The molecule has 2 amide bonds. The minimum atomic E-state index is -0.665. The molecule has 0 saturated carbocycles. The normalized spacial score (nSPS) is 15.2. The summed E-state index contributed by atoms with van der Waals surface area (Å²) in [6, 6.07) is 14.5. The monoisotopic (exact) mass is 481 g/mol. The van der Waals surface area contributed by atoms with Crippen molar-refractivity contribution < 1.29 is 18.9 Å². The number of aryl methyl sites for hydroxylation is 1. The molecule has 0 bridgehead atoms. The Labute approximate surface area is 198 Å². The van der Waals surface area contributed by atoms with Crippen LogP contribution in [-0.4, -0.2) is 21.9 Å². The van der Waals surface area contributed by atoms with Crippen LogP contribution in [0.1, 0.15) is 18.2 Å². The summed E-state index contributed by atoms with van der Waals surface area (Å²) in [5.74, 6) is -0.913. The van der Waals surface area contributed by atoms with Crippen molar-refractivity contribution in [3.8, 4) is 11.3 Å². The Hall–Kier alpha value is -3.82. The smallest absolute Gasteiger partial charge is 0.281 e. The predicted octanol–water partition coefficient (Wildman–Crippen LogP) is 4.90. The van der Waals surface area contributed by atoms with Gasteiger partial charge in [0.25, 0.3) is 17.5 Å². The number of halogens is 1. The molecule has 4 rings (SSSR count). The minimum absolute atomic E-state index is 0.0247. The number of anilines is 1. The molecule has 1 N–H and O–H groups in total. The average Bonchev–Trinajstić information content (AvgIpc) is 3.25.